The van der Waals surface area contributed by atoms with E-state index < -0.39 is 17.9 Å². The van der Waals surface area contributed by atoms with Gasteiger partial charge in [0.25, 0.3) is 0 Å². The van der Waals surface area contributed by atoms with E-state index in [4.69, 9.17) is 14.5 Å². The fourth-order valence-electron chi connectivity index (χ4n) is 4.10. The van der Waals surface area contributed by atoms with Crippen LogP contribution in [0.3, 0.4) is 0 Å². The molecule has 1 N–H and O–H groups in total. The molecule has 4 rings (SSSR count). The summed E-state index contributed by atoms with van der Waals surface area (Å²) < 4.78 is 10.5. The van der Waals surface area contributed by atoms with Crippen LogP contribution in [-0.4, -0.2) is 62.6 Å². The standard InChI is InChI=1S/C24H28N4O4/c1-3-32-23(30)20-21(17-8-5-4-6-9-17)25-24(26-22(20)29)28-14-12-27(13-15-28)18-10-7-11-19(16-18)31-2/h4-11,16,20-21H,3,12-15H2,1-2H3,(H,25,26,29)/t20-,21+/m1/s1. The first-order valence-electron chi connectivity index (χ1n) is 10.8. The number of esters is 1. The van der Waals surface area contributed by atoms with Crippen molar-refractivity contribution in [1.82, 2.24) is 10.2 Å². The highest BCUT2D eigenvalue weighted by atomic mass is 16.5. The van der Waals surface area contributed by atoms with Crippen LogP contribution in [0, 0.1) is 5.92 Å². The molecule has 0 unspecified atom stereocenters. The lowest BCUT2D eigenvalue weighted by molar-refractivity contribution is -0.153. The number of ether oxygens (including phenoxy) is 2. The summed E-state index contributed by atoms with van der Waals surface area (Å²) in [5.74, 6) is -0.597. The van der Waals surface area contributed by atoms with Crippen molar-refractivity contribution in [1.29, 1.82) is 0 Å². The van der Waals surface area contributed by atoms with Gasteiger partial charge in [-0.3, -0.25) is 14.9 Å². The van der Waals surface area contributed by atoms with Crippen molar-refractivity contribution in [3.63, 3.8) is 0 Å². The Morgan fingerprint density at radius 1 is 1.06 bits per heavy atom. The lowest BCUT2D eigenvalue weighted by atomic mass is 9.91. The molecule has 1 saturated heterocycles. The second-order valence-electron chi connectivity index (χ2n) is 7.70. The SMILES string of the molecule is CCOC(=O)[C@H]1C(=O)NC(N2CCN(c3cccc(OC)c3)CC2)=N[C@H]1c1ccccc1. The number of amides is 1. The first kappa shape index (κ1) is 21.7. The Morgan fingerprint density at radius 2 is 1.78 bits per heavy atom. The number of nitrogens with zero attached hydrogens (tertiary/aromatic N) is 3. The predicted molar refractivity (Wildman–Crippen MR) is 122 cm³/mol. The number of carbonyl (C=O) groups excluding carboxylic acids is 2. The van der Waals surface area contributed by atoms with Crippen LogP contribution >= 0.6 is 0 Å². The number of guanidine groups is 1. The molecule has 8 heteroatoms. The third-order valence-corrected chi connectivity index (χ3v) is 5.77. The number of piperazine rings is 1. The molecule has 2 aliphatic rings. The predicted octanol–water partition coefficient (Wildman–Crippen LogP) is 2.22. The highest BCUT2D eigenvalue weighted by Crippen LogP contribution is 2.31. The Balaban J connectivity index is 1.53. The molecule has 2 aromatic carbocycles. The van der Waals surface area contributed by atoms with Crippen molar-refractivity contribution >= 4 is 23.5 Å². The minimum absolute atomic E-state index is 0.215. The largest absolute Gasteiger partial charge is 0.497 e. The van der Waals surface area contributed by atoms with Crippen molar-refractivity contribution in [3.05, 3.63) is 60.2 Å². The summed E-state index contributed by atoms with van der Waals surface area (Å²) >= 11 is 0. The summed E-state index contributed by atoms with van der Waals surface area (Å²) in [6, 6.07) is 16.8. The van der Waals surface area contributed by atoms with Gasteiger partial charge >= 0.3 is 5.97 Å². The van der Waals surface area contributed by atoms with E-state index in [1.54, 1.807) is 14.0 Å². The molecule has 2 aliphatic heterocycles. The Bertz CT molecular complexity index is 987. The maximum absolute atomic E-state index is 13.0. The first-order valence-corrected chi connectivity index (χ1v) is 10.8. The van der Waals surface area contributed by atoms with Crippen molar-refractivity contribution in [3.8, 4) is 5.75 Å². The molecule has 32 heavy (non-hydrogen) atoms. The van der Waals surface area contributed by atoms with Gasteiger partial charge in [-0.25, -0.2) is 4.99 Å². The number of hydrogen-bond donors (Lipinski definition) is 1. The van der Waals surface area contributed by atoms with Gasteiger partial charge in [-0.05, 0) is 24.6 Å². The van der Waals surface area contributed by atoms with Crippen LogP contribution < -0.4 is 15.0 Å². The minimum atomic E-state index is -1.00. The molecule has 1 fully saturated rings. The second-order valence-corrected chi connectivity index (χ2v) is 7.70. The van der Waals surface area contributed by atoms with Crippen molar-refractivity contribution in [2.45, 2.75) is 13.0 Å². The molecular formula is C24H28N4O4. The van der Waals surface area contributed by atoms with Crippen LogP contribution in [0.5, 0.6) is 5.75 Å². The lowest BCUT2D eigenvalue weighted by Gasteiger charge is -2.39. The second kappa shape index (κ2) is 9.72. The zero-order valence-corrected chi connectivity index (χ0v) is 18.4. The molecule has 8 nitrogen and oxygen atoms in total. The fraction of sp³-hybridized carbons (Fsp3) is 0.375. The van der Waals surface area contributed by atoms with Gasteiger partial charge in [0.05, 0.1) is 13.7 Å². The normalized spacial score (nSPS) is 20.9. The quantitative estimate of drug-likeness (QED) is 0.572. The first-order chi connectivity index (χ1) is 15.6. The molecule has 0 radical (unpaired) electrons. The van der Waals surface area contributed by atoms with Gasteiger partial charge < -0.3 is 19.3 Å². The number of aliphatic imine (C=N–C) groups is 1. The number of anilines is 1. The number of hydrogen-bond acceptors (Lipinski definition) is 7. The van der Waals surface area contributed by atoms with Crippen molar-refractivity contribution < 1.29 is 19.1 Å². The molecule has 1 amide bonds. The molecule has 2 aromatic rings. The van der Waals surface area contributed by atoms with Crippen LogP contribution in [0.1, 0.15) is 18.5 Å². The maximum atomic E-state index is 13.0. The summed E-state index contributed by atoms with van der Waals surface area (Å²) in [5, 5.41) is 2.85. The topological polar surface area (TPSA) is 83.5 Å². The van der Waals surface area contributed by atoms with E-state index in [-0.39, 0.29) is 12.5 Å². The molecule has 0 spiro atoms. The molecule has 2 heterocycles. The van der Waals surface area contributed by atoms with Gasteiger partial charge in [0, 0.05) is 37.9 Å². The van der Waals surface area contributed by atoms with E-state index in [0.29, 0.717) is 19.0 Å². The Morgan fingerprint density at radius 3 is 2.47 bits per heavy atom. The number of benzene rings is 2. The number of nitrogens with one attached hydrogen (secondary N) is 1. The number of methoxy groups -OCH3 is 1. The van der Waals surface area contributed by atoms with E-state index in [2.05, 4.69) is 21.2 Å². The van der Waals surface area contributed by atoms with Crippen LogP contribution in [0.25, 0.3) is 0 Å². The molecule has 0 bridgehead atoms. The van der Waals surface area contributed by atoms with E-state index >= 15 is 0 Å². The summed E-state index contributed by atoms with van der Waals surface area (Å²) in [6.07, 6.45) is 0. The molecule has 2 atom stereocenters. The summed E-state index contributed by atoms with van der Waals surface area (Å²) in [4.78, 5) is 34.7. The van der Waals surface area contributed by atoms with Gasteiger partial charge in [0.1, 0.15) is 11.8 Å². The fourth-order valence-corrected chi connectivity index (χ4v) is 4.10. The van der Waals surface area contributed by atoms with E-state index in [1.807, 2.05) is 48.5 Å². The number of rotatable bonds is 5. The monoisotopic (exact) mass is 436 g/mol. The third kappa shape index (κ3) is 4.54. The Hall–Kier alpha value is -3.55. The van der Waals surface area contributed by atoms with Crippen LogP contribution in [0.4, 0.5) is 5.69 Å². The average molecular weight is 437 g/mol. The zero-order valence-electron chi connectivity index (χ0n) is 18.4. The van der Waals surface area contributed by atoms with E-state index in [0.717, 1.165) is 30.1 Å². The molecule has 0 aromatic heterocycles. The minimum Gasteiger partial charge on any atom is -0.497 e. The van der Waals surface area contributed by atoms with Gasteiger partial charge in [-0.1, -0.05) is 36.4 Å². The van der Waals surface area contributed by atoms with Gasteiger partial charge in [0.2, 0.25) is 11.9 Å². The van der Waals surface area contributed by atoms with Crippen LogP contribution in [-0.2, 0) is 14.3 Å². The molecular weight excluding hydrogens is 408 g/mol. The van der Waals surface area contributed by atoms with Crippen LogP contribution in [0.15, 0.2) is 59.6 Å². The van der Waals surface area contributed by atoms with Gasteiger partial charge in [0.15, 0.2) is 5.92 Å². The zero-order chi connectivity index (χ0) is 22.5. The van der Waals surface area contributed by atoms with Gasteiger partial charge in [-0.2, -0.15) is 0 Å². The molecule has 0 saturated carbocycles. The molecule has 168 valence electrons. The van der Waals surface area contributed by atoms with Gasteiger partial charge in [-0.15, -0.1) is 0 Å². The average Bonchev–Trinajstić information content (AvgIpc) is 2.84. The smallest absolute Gasteiger partial charge is 0.321 e. The highest BCUT2D eigenvalue weighted by Gasteiger charge is 2.42. The maximum Gasteiger partial charge on any atom is 0.321 e. The van der Waals surface area contributed by atoms with Crippen LogP contribution in [0.2, 0.25) is 0 Å². The summed E-state index contributed by atoms with van der Waals surface area (Å²) in [6.45, 7) is 4.89. The summed E-state index contributed by atoms with van der Waals surface area (Å²) in [7, 11) is 1.66. The third-order valence-electron chi connectivity index (χ3n) is 5.77. The summed E-state index contributed by atoms with van der Waals surface area (Å²) in [5.41, 5.74) is 1.91. The highest BCUT2D eigenvalue weighted by molar-refractivity contribution is 6.08. The number of carbonyl (C=O) groups is 2. The lowest BCUT2D eigenvalue weighted by Crippen LogP contribution is -2.57. The van der Waals surface area contributed by atoms with E-state index in [1.165, 1.54) is 0 Å². The van der Waals surface area contributed by atoms with Crippen molar-refractivity contribution in [2.75, 3.05) is 44.8 Å². The molecule has 0 aliphatic carbocycles. The Labute approximate surface area is 187 Å². The van der Waals surface area contributed by atoms with E-state index in [9.17, 15) is 9.59 Å². The Kier molecular flexibility index (Phi) is 6.58. The van der Waals surface area contributed by atoms with Crippen molar-refractivity contribution in [2.24, 2.45) is 10.9 Å².